The van der Waals surface area contributed by atoms with Crippen LogP contribution in [0.5, 0.6) is 0 Å². The summed E-state index contributed by atoms with van der Waals surface area (Å²) in [5, 5.41) is 3.88. The van der Waals surface area contributed by atoms with Gasteiger partial charge in [0.15, 0.2) is 5.82 Å². The van der Waals surface area contributed by atoms with Gasteiger partial charge < -0.3 is 15.2 Å². The van der Waals surface area contributed by atoms with E-state index in [4.69, 9.17) is 4.98 Å². The first-order valence-electron chi connectivity index (χ1n) is 11.6. The lowest BCUT2D eigenvalue weighted by atomic mass is 10.0. The van der Waals surface area contributed by atoms with E-state index in [1.54, 1.807) is 35.5 Å². The average Bonchev–Trinajstić information content (AvgIpc) is 3.54. The number of benzene rings is 1. The van der Waals surface area contributed by atoms with Gasteiger partial charge in [0.1, 0.15) is 17.3 Å². The second-order valence-corrected chi connectivity index (χ2v) is 8.90. The highest BCUT2D eigenvalue weighted by molar-refractivity contribution is 6.45. The Balaban J connectivity index is 1.55. The monoisotopic (exact) mass is 472 g/mol. The van der Waals surface area contributed by atoms with Crippen LogP contribution in [0.25, 0.3) is 22.4 Å². The van der Waals surface area contributed by atoms with Gasteiger partial charge in [-0.2, -0.15) is 0 Å². The van der Waals surface area contributed by atoms with Gasteiger partial charge in [0.25, 0.3) is 11.7 Å². The molecule has 1 aliphatic rings. The maximum Gasteiger partial charge on any atom is 0.295 e. The summed E-state index contributed by atoms with van der Waals surface area (Å²) in [5.74, 6) is -0.280. The zero-order valence-electron chi connectivity index (χ0n) is 19.5. The molecule has 0 aliphatic carbocycles. The number of nitrogens with zero attached hydrogens (tertiary/aromatic N) is 4. The minimum absolute atomic E-state index is 0.112. The number of ketones is 1. The number of carbonyl (C=O) groups excluding carboxylic acids is 2. The van der Waals surface area contributed by atoms with Crippen LogP contribution >= 0.6 is 0 Å². The number of H-pyrrole nitrogens is 1. The molecule has 4 heterocycles. The molecule has 0 spiro atoms. The number of amides is 1. The van der Waals surface area contributed by atoms with Crippen LogP contribution in [0.15, 0.2) is 48.9 Å². The minimum atomic E-state index is -0.562. The molecule has 1 saturated heterocycles. The van der Waals surface area contributed by atoms with E-state index in [2.05, 4.69) is 20.3 Å². The highest BCUT2D eigenvalue weighted by Crippen LogP contribution is 2.32. The van der Waals surface area contributed by atoms with Gasteiger partial charge in [0, 0.05) is 42.8 Å². The number of fused-ring (bicyclic) bond motifs is 1. The Morgan fingerprint density at radius 3 is 2.54 bits per heavy atom. The third-order valence-corrected chi connectivity index (χ3v) is 6.20. The number of nitrogens with one attached hydrogen (secondary N) is 2. The standard InChI is InChI=1S/C26H25FN6O2/c1-15(2)18-13-29-23(16-5-7-17(27)8-6-16)32-24(18)31-20-9-10-28-25-21(20)19(14-30-25)22(34)26(35)33-11-3-4-12-33/h5-10,13-15H,3-4,11-12H2,1-2H3,(H2,28,29,30,31,32). The molecule has 0 bridgehead atoms. The third-order valence-electron chi connectivity index (χ3n) is 6.20. The first-order valence-corrected chi connectivity index (χ1v) is 11.6. The molecule has 5 rings (SSSR count). The average molecular weight is 473 g/mol. The van der Waals surface area contributed by atoms with Crippen molar-refractivity contribution in [2.75, 3.05) is 18.4 Å². The maximum atomic E-state index is 13.4. The Morgan fingerprint density at radius 1 is 1.09 bits per heavy atom. The Labute approximate surface area is 201 Å². The molecule has 3 aromatic heterocycles. The maximum absolute atomic E-state index is 13.4. The van der Waals surface area contributed by atoms with E-state index in [0.717, 1.165) is 18.4 Å². The van der Waals surface area contributed by atoms with E-state index in [1.807, 2.05) is 13.8 Å². The van der Waals surface area contributed by atoms with Gasteiger partial charge in [-0.3, -0.25) is 9.59 Å². The molecule has 1 aromatic carbocycles. The SMILES string of the molecule is CC(C)c1cnc(-c2ccc(F)cc2)nc1Nc1ccnc2[nH]cc(C(=O)C(=O)N3CCCC3)c12. The number of hydrogen-bond acceptors (Lipinski definition) is 6. The van der Waals surface area contributed by atoms with Crippen molar-refractivity contribution < 1.29 is 14.0 Å². The smallest absolute Gasteiger partial charge is 0.295 e. The van der Waals surface area contributed by atoms with E-state index in [0.29, 0.717) is 47.0 Å². The van der Waals surface area contributed by atoms with Gasteiger partial charge in [-0.1, -0.05) is 13.8 Å². The van der Waals surface area contributed by atoms with Gasteiger partial charge in [0.2, 0.25) is 0 Å². The van der Waals surface area contributed by atoms with Crippen LogP contribution in [0, 0.1) is 5.82 Å². The highest BCUT2D eigenvalue weighted by atomic mass is 19.1. The Kier molecular flexibility index (Phi) is 5.98. The zero-order chi connectivity index (χ0) is 24.5. The predicted molar refractivity (Wildman–Crippen MR) is 131 cm³/mol. The van der Waals surface area contributed by atoms with Gasteiger partial charge in [-0.05, 0) is 49.1 Å². The molecule has 4 aromatic rings. The van der Waals surface area contributed by atoms with Crippen LogP contribution in [0.4, 0.5) is 15.9 Å². The van der Waals surface area contributed by atoms with Gasteiger partial charge in [-0.15, -0.1) is 0 Å². The summed E-state index contributed by atoms with van der Waals surface area (Å²) in [6, 6.07) is 7.73. The van der Waals surface area contributed by atoms with E-state index >= 15 is 0 Å². The fourth-order valence-corrected chi connectivity index (χ4v) is 4.30. The number of hydrogen-bond donors (Lipinski definition) is 2. The molecule has 2 N–H and O–H groups in total. The minimum Gasteiger partial charge on any atom is -0.345 e. The highest BCUT2D eigenvalue weighted by Gasteiger charge is 2.28. The second-order valence-electron chi connectivity index (χ2n) is 8.90. The number of anilines is 2. The van der Waals surface area contributed by atoms with Crippen molar-refractivity contribution in [3.05, 3.63) is 65.9 Å². The topological polar surface area (TPSA) is 104 Å². The van der Waals surface area contributed by atoms with Gasteiger partial charge in [-0.25, -0.2) is 19.3 Å². The molecule has 1 amide bonds. The number of aromatic amines is 1. The molecule has 0 saturated carbocycles. The first kappa shape index (κ1) is 22.6. The van der Waals surface area contributed by atoms with Crippen LogP contribution in [0.1, 0.15) is 48.5 Å². The molecule has 35 heavy (non-hydrogen) atoms. The number of pyridine rings is 1. The normalized spacial score (nSPS) is 13.5. The molecule has 1 aliphatic heterocycles. The summed E-state index contributed by atoms with van der Waals surface area (Å²) in [6.07, 6.45) is 6.71. The van der Waals surface area contributed by atoms with Gasteiger partial charge >= 0.3 is 0 Å². The van der Waals surface area contributed by atoms with E-state index in [-0.39, 0.29) is 17.3 Å². The number of carbonyl (C=O) groups is 2. The summed E-state index contributed by atoms with van der Waals surface area (Å²) < 4.78 is 13.4. The summed E-state index contributed by atoms with van der Waals surface area (Å²) in [5.41, 5.74) is 2.91. The number of likely N-dealkylation sites (tertiary alicyclic amines) is 1. The fourth-order valence-electron chi connectivity index (χ4n) is 4.30. The van der Waals surface area contributed by atoms with E-state index < -0.39 is 11.7 Å². The van der Waals surface area contributed by atoms with Crippen molar-refractivity contribution in [3.63, 3.8) is 0 Å². The predicted octanol–water partition coefficient (Wildman–Crippen LogP) is 4.83. The van der Waals surface area contributed by atoms with Crippen molar-refractivity contribution in [1.29, 1.82) is 0 Å². The van der Waals surface area contributed by atoms with E-state index in [9.17, 15) is 14.0 Å². The molecule has 178 valence electrons. The molecule has 0 unspecified atom stereocenters. The molecule has 9 heteroatoms. The lowest BCUT2D eigenvalue weighted by Gasteiger charge is -2.16. The first-order chi connectivity index (χ1) is 16.9. The van der Waals surface area contributed by atoms with Crippen LogP contribution in [0.3, 0.4) is 0 Å². The number of Topliss-reactive ketones (excluding diaryl/α,β-unsaturated/α-hetero) is 1. The fraction of sp³-hybridized carbons (Fsp3) is 0.269. The van der Waals surface area contributed by atoms with Crippen LogP contribution in [0.2, 0.25) is 0 Å². The third kappa shape index (κ3) is 4.37. The van der Waals surface area contributed by atoms with Crippen molar-refractivity contribution >= 4 is 34.2 Å². The molecule has 1 fully saturated rings. The van der Waals surface area contributed by atoms with Crippen molar-refractivity contribution in [1.82, 2.24) is 24.8 Å². The summed E-state index contributed by atoms with van der Waals surface area (Å²) in [4.78, 5) is 44.1. The summed E-state index contributed by atoms with van der Waals surface area (Å²) in [7, 11) is 0. The summed E-state index contributed by atoms with van der Waals surface area (Å²) in [6.45, 7) is 5.26. The van der Waals surface area contributed by atoms with Crippen molar-refractivity contribution in [3.8, 4) is 11.4 Å². The van der Waals surface area contributed by atoms with Crippen molar-refractivity contribution in [2.45, 2.75) is 32.6 Å². The molecule has 8 nitrogen and oxygen atoms in total. The molecule has 0 atom stereocenters. The largest absolute Gasteiger partial charge is 0.345 e. The molecular weight excluding hydrogens is 447 g/mol. The Morgan fingerprint density at radius 2 is 1.83 bits per heavy atom. The second kappa shape index (κ2) is 9.25. The van der Waals surface area contributed by atoms with Crippen LogP contribution in [-0.4, -0.2) is 49.6 Å². The number of aromatic nitrogens is 4. The molecular formula is C26H25FN6O2. The summed E-state index contributed by atoms with van der Waals surface area (Å²) >= 11 is 0. The Bertz CT molecular complexity index is 1410. The Hall–Kier alpha value is -4.14. The lowest BCUT2D eigenvalue weighted by Crippen LogP contribution is -2.34. The van der Waals surface area contributed by atoms with E-state index in [1.165, 1.54) is 18.3 Å². The van der Waals surface area contributed by atoms with Gasteiger partial charge in [0.05, 0.1) is 16.6 Å². The quantitative estimate of drug-likeness (QED) is 0.308. The zero-order valence-corrected chi connectivity index (χ0v) is 19.5. The van der Waals surface area contributed by atoms with Crippen LogP contribution < -0.4 is 5.32 Å². The number of rotatable bonds is 6. The van der Waals surface area contributed by atoms with Crippen molar-refractivity contribution in [2.24, 2.45) is 0 Å². The number of halogens is 1. The lowest BCUT2D eigenvalue weighted by molar-refractivity contribution is -0.125. The molecule has 0 radical (unpaired) electrons. The van der Waals surface area contributed by atoms with Crippen LogP contribution in [-0.2, 0) is 4.79 Å².